The normalized spacial score (nSPS) is 10.6. The van der Waals surface area contributed by atoms with Crippen LogP contribution in [0.3, 0.4) is 0 Å². The molecule has 0 bridgehead atoms. The summed E-state index contributed by atoms with van der Waals surface area (Å²) in [4.78, 5) is 22.1. The SMILES string of the molecule is O=C(O)Cc1c(-c2cc(Br)ccc2F)[nH][nH]c1=O. The largest absolute Gasteiger partial charge is 0.481 e. The third-order valence-electron chi connectivity index (χ3n) is 2.40. The number of hydrogen-bond donors (Lipinski definition) is 3. The summed E-state index contributed by atoms with van der Waals surface area (Å²) in [5.74, 6) is -1.70. The van der Waals surface area contributed by atoms with E-state index in [0.717, 1.165) is 0 Å². The fourth-order valence-corrected chi connectivity index (χ4v) is 1.98. The highest BCUT2D eigenvalue weighted by molar-refractivity contribution is 9.10. The number of nitrogens with one attached hydrogen (secondary N) is 2. The summed E-state index contributed by atoms with van der Waals surface area (Å²) in [7, 11) is 0. The van der Waals surface area contributed by atoms with E-state index in [2.05, 4.69) is 26.1 Å². The van der Waals surface area contributed by atoms with Crippen LogP contribution in [0.25, 0.3) is 11.3 Å². The summed E-state index contributed by atoms with van der Waals surface area (Å²) in [5.41, 5.74) is -0.272. The zero-order chi connectivity index (χ0) is 13.3. The Balaban J connectivity index is 2.60. The minimum Gasteiger partial charge on any atom is -0.481 e. The van der Waals surface area contributed by atoms with Crippen LogP contribution in [0.2, 0.25) is 0 Å². The molecule has 0 aliphatic carbocycles. The predicted molar refractivity (Wildman–Crippen MR) is 65.8 cm³/mol. The van der Waals surface area contributed by atoms with Crippen molar-refractivity contribution in [3.05, 3.63) is 44.4 Å². The van der Waals surface area contributed by atoms with Crippen LogP contribution in [0.5, 0.6) is 0 Å². The molecule has 0 aliphatic rings. The van der Waals surface area contributed by atoms with E-state index in [9.17, 15) is 14.0 Å². The monoisotopic (exact) mass is 314 g/mol. The third-order valence-corrected chi connectivity index (χ3v) is 2.90. The van der Waals surface area contributed by atoms with Gasteiger partial charge in [0.05, 0.1) is 17.7 Å². The first-order valence-corrected chi connectivity index (χ1v) is 5.75. The summed E-state index contributed by atoms with van der Waals surface area (Å²) < 4.78 is 14.3. The molecule has 7 heteroatoms. The second-order valence-electron chi connectivity index (χ2n) is 3.63. The van der Waals surface area contributed by atoms with Gasteiger partial charge in [0.2, 0.25) is 0 Å². The van der Waals surface area contributed by atoms with Gasteiger partial charge in [-0.2, -0.15) is 0 Å². The predicted octanol–water partition coefficient (Wildman–Crippen LogP) is 1.90. The van der Waals surface area contributed by atoms with Crippen molar-refractivity contribution in [2.45, 2.75) is 6.42 Å². The number of hydrogen-bond acceptors (Lipinski definition) is 2. The molecule has 0 saturated carbocycles. The first-order chi connectivity index (χ1) is 8.49. The van der Waals surface area contributed by atoms with Gasteiger partial charge in [-0.05, 0) is 18.2 Å². The lowest BCUT2D eigenvalue weighted by molar-refractivity contribution is -0.136. The van der Waals surface area contributed by atoms with Crippen molar-refractivity contribution in [1.29, 1.82) is 0 Å². The van der Waals surface area contributed by atoms with E-state index in [1.54, 1.807) is 0 Å². The Bertz CT molecular complexity index is 663. The molecule has 2 aromatic rings. The van der Waals surface area contributed by atoms with Crippen molar-refractivity contribution < 1.29 is 14.3 Å². The Morgan fingerprint density at radius 2 is 2.11 bits per heavy atom. The van der Waals surface area contributed by atoms with E-state index in [4.69, 9.17) is 5.11 Å². The standard InChI is InChI=1S/C11H8BrFN2O3/c12-5-1-2-8(13)6(3-5)10-7(4-9(16)17)11(18)15-14-10/h1-3H,4H2,(H,16,17)(H2,14,15,18). The minimum atomic E-state index is -1.16. The van der Waals surface area contributed by atoms with Gasteiger partial charge in [-0.1, -0.05) is 15.9 Å². The van der Waals surface area contributed by atoms with Gasteiger partial charge in [0, 0.05) is 10.0 Å². The summed E-state index contributed by atoms with van der Waals surface area (Å²) in [5, 5.41) is 13.5. The molecule has 18 heavy (non-hydrogen) atoms. The molecule has 0 saturated heterocycles. The number of carboxylic acid groups (broad SMARTS) is 1. The molecule has 3 N–H and O–H groups in total. The van der Waals surface area contributed by atoms with E-state index >= 15 is 0 Å². The molecular formula is C11H8BrFN2O3. The highest BCUT2D eigenvalue weighted by atomic mass is 79.9. The molecule has 94 valence electrons. The fraction of sp³-hybridized carbons (Fsp3) is 0.0909. The average Bonchev–Trinajstić information content (AvgIpc) is 2.64. The average molecular weight is 315 g/mol. The van der Waals surface area contributed by atoms with Gasteiger partial charge in [-0.25, -0.2) is 4.39 Å². The third kappa shape index (κ3) is 2.35. The molecule has 0 unspecified atom stereocenters. The Morgan fingerprint density at radius 1 is 1.39 bits per heavy atom. The van der Waals surface area contributed by atoms with E-state index < -0.39 is 23.8 Å². The topological polar surface area (TPSA) is 85.9 Å². The minimum absolute atomic E-state index is 0.000463. The molecule has 0 aliphatic heterocycles. The van der Waals surface area contributed by atoms with E-state index in [-0.39, 0.29) is 16.8 Å². The molecule has 0 atom stereocenters. The Morgan fingerprint density at radius 3 is 2.78 bits per heavy atom. The van der Waals surface area contributed by atoms with Crippen LogP contribution in [0.15, 0.2) is 27.5 Å². The molecule has 5 nitrogen and oxygen atoms in total. The maximum atomic E-state index is 13.7. The molecule has 2 rings (SSSR count). The molecule has 1 heterocycles. The number of carboxylic acids is 1. The van der Waals surface area contributed by atoms with E-state index in [0.29, 0.717) is 4.47 Å². The molecule has 0 amide bonds. The number of rotatable bonds is 3. The molecule has 0 radical (unpaired) electrons. The lowest BCUT2D eigenvalue weighted by Crippen LogP contribution is -2.11. The van der Waals surface area contributed by atoms with E-state index in [1.165, 1.54) is 18.2 Å². The summed E-state index contributed by atoms with van der Waals surface area (Å²) in [6.45, 7) is 0. The van der Waals surface area contributed by atoms with Crippen LogP contribution in [-0.2, 0) is 11.2 Å². The fourth-order valence-electron chi connectivity index (χ4n) is 1.62. The molecule has 1 aromatic carbocycles. The van der Waals surface area contributed by atoms with Crippen LogP contribution in [-0.4, -0.2) is 21.3 Å². The first-order valence-electron chi connectivity index (χ1n) is 4.95. The Kier molecular flexibility index (Phi) is 3.33. The van der Waals surface area contributed by atoms with Crippen molar-refractivity contribution in [1.82, 2.24) is 10.2 Å². The van der Waals surface area contributed by atoms with E-state index in [1.807, 2.05) is 0 Å². The number of aromatic amines is 2. The van der Waals surface area contributed by atoms with Crippen molar-refractivity contribution in [2.75, 3.05) is 0 Å². The maximum Gasteiger partial charge on any atom is 0.308 e. The molecule has 0 fully saturated rings. The molecule has 1 aromatic heterocycles. The van der Waals surface area contributed by atoms with Gasteiger partial charge in [0.25, 0.3) is 5.56 Å². The van der Waals surface area contributed by atoms with Crippen LogP contribution in [0, 0.1) is 5.82 Å². The van der Waals surface area contributed by atoms with Gasteiger partial charge in [0.1, 0.15) is 5.82 Å². The Labute approximate surface area is 109 Å². The van der Waals surface area contributed by atoms with Crippen molar-refractivity contribution in [3.63, 3.8) is 0 Å². The highest BCUT2D eigenvalue weighted by Crippen LogP contribution is 2.26. The smallest absolute Gasteiger partial charge is 0.308 e. The van der Waals surface area contributed by atoms with Gasteiger partial charge < -0.3 is 5.11 Å². The maximum absolute atomic E-state index is 13.7. The van der Waals surface area contributed by atoms with Crippen LogP contribution >= 0.6 is 15.9 Å². The second kappa shape index (κ2) is 4.77. The number of aliphatic carboxylic acids is 1. The van der Waals surface area contributed by atoms with Crippen molar-refractivity contribution in [2.24, 2.45) is 0 Å². The number of benzene rings is 1. The van der Waals surface area contributed by atoms with Crippen molar-refractivity contribution in [3.8, 4) is 11.3 Å². The Hall–Kier alpha value is -1.89. The summed E-state index contributed by atoms with van der Waals surface area (Å²) in [6.07, 6.45) is -0.472. The zero-order valence-corrected chi connectivity index (χ0v) is 10.5. The van der Waals surface area contributed by atoms with Crippen LogP contribution < -0.4 is 5.56 Å². The van der Waals surface area contributed by atoms with Gasteiger partial charge in [-0.3, -0.25) is 19.8 Å². The second-order valence-corrected chi connectivity index (χ2v) is 4.54. The highest BCUT2D eigenvalue weighted by Gasteiger charge is 2.17. The van der Waals surface area contributed by atoms with Gasteiger partial charge in [-0.15, -0.1) is 0 Å². The molecule has 0 spiro atoms. The summed E-state index contributed by atoms with van der Waals surface area (Å²) in [6, 6.07) is 4.22. The van der Waals surface area contributed by atoms with Crippen molar-refractivity contribution >= 4 is 21.9 Å². The summed E-state index contributed by atoms with van der Waals surface area (Å²) >= 11 is 3.19. The van der Waals surface area contributed by atoms with Crippen LogP contribution in [0.1, 0.15) is 5.56 Å². The number of halogens is 2. The quantitative estimate of drug-likeness (QED) is 0.808. The zero-order valence-electron chi connectivity index (χ0n) is 8.96. The first kappa shape index (κ1) is 12.6. The number of aromatic nitrogens is 2. The van der Waals surface area contributed by atoms with Gasteiger partial charge >= 0.3 is 5.97 Å². The number of carbonyl (C=O) groups is 1. The van der Waals surface area contributed by atoms with Crippen LogP contribution in [0.4, 0.5) is 4.39 Å². The lowest BCUT2D eigenvalue weighted by Gasteiger charge is -2.03. The lowest BCUT2D eigenvalue weighted by atomic mass is 10.1. The number of H-pyrrole nitrogens is 2. The van der Waals surface area contributed by atoms with Gasteiger partial charge in [0.15, 0.2) is 0 Å². The molecular weight excluding hydrogens is 307 g/mol.